The molecule has 0 saturated heterocycles. The van der Waals surface area contributed by atoms with E-state index in [0.29, 0.717) is 23.3 Å². The van der Waals surface area contributed by atoms with Crippen LogP contribution >= 0.6 is 15.9 Å². The Bertz CT molecular complexity index is 1020. The van der Waals surface area contributed by atoms with Crippen LogP contribution in [0.25, 0.3) is 10.9 Å². The zero-order chi connectivity index (χ0) is 18.7. The van der Waals surface area contributed by atoms with E-state index in [2.05, 4.69) is 31.2 Å². The molecule has 134 valence electrons. The van der Waals surface area contributed by atoms with E-state index in [-0.39, 0.29) is 18.0 Å². The van der Waals surface area contributed by atoms with Crippen molar-refractivity contribution in [1.29, 1.82) is 0 Å². The van der Waals surface area contributed by atoms with Crippen molar-refractivity contribution < 1.29 is 9.69 Å². The molecule has 0 fully saturated rings. The van der Waals surface area contributed by atoms with Crippen molar-refractivity contribution in [2.45, 2.75) is 13.5 Å². The molecule has 7 heteroatoms. The Morgan fingerprint density at radius 3 is 2.81 bits per heavy atom. The number of hydrogen-bond acceptors (Lipinski definition) is 3. The Hall–Kier alpha value is -2.51. The average molecular weight is 416 g/mol. The number of quaternary nitrogens is 1. The van der Waals surface area contributed by atoms with Gasteiger partial charge >= 0.3 is 0 Å². The first kappa shape index (κ1) is 18.3. The van der Waals surface area contributed by atoms with E-state index in [4.69, 9.17) is 0 Å². The molecule has 3 aromatic rings. The number of halogens is 1. The summed E-state index contributed by atoms with van der Waals surface area (Å²) < 4.78 is 1.00. The van der Waals surface area contributed by atoms with E-state index in [1.54, 1.807) is 6.07 Å². The van der Waals surface area contributed by atoms with E-state index in [0.717, 1.165) is 20.6 Å². The predicted molar refractivity (Wildman–Crippen MR) is 105 cm³/mol. The lowest BCUT2D eigenvalue weighted by atomic mass is 10.2. The standard InChI is InChI=1S/C19H19BrN4O2/c1-12-9-13(7-8-15(12)20)21-18(25)11-24(2)10-17-22-16-6-4-3-5-14(16)19(26)23-17/h3-9H,10-11H2,1-2H3,(H,21,25)(H,22,23,26)/p+1. The third-order valence-corrected chi connectivity index (χ3v) is 4.92. The molecule has 0 spiro atoms. The molecule has 0 radical (unpaired) electrons. The van der Waals surface area contributed by atoms with Crippen LogP contribution in [0.5, 0.6) is 0 Å². The summed E-state index contributed by atoms with van der Waals surface area (Å²) in [6.07, 6.45) is 0. The summed E-state index contributed by atoms with van der Waals surface area (Å²) in [6, 6.07) is 12.9. The fourth-order valence-electron chi connectivity index (χ4n) is 2.77. The second-order valence-electron chi connectivity index (χ2n) is 6.35. The minimum atomic E-state index is -0.159. The molecule has 0 aliphatic heterocycles. The van der Waals surface area contributed by atoms with Crippen LogP contribution in [0.1, 0.15) is 11.4 Å². The molecule has 1 atom stereocenters. The van der Waals surface area contributed by atoms with Gasteiger partial charge < -0.3 is 15.2 Å². The van der Waals surface area contributed by atoms with E-state index in [1.165, 1.54) is 0 Å². The van der Waals surface area contributed by atoms with Gasteiger partial charge in [0.1, 0.15) is 6.54 Å². The number of aryl methyl sites for hydroxylation is 1. The number of carbonyl (C=O) groups is 1. The number of aromatic nitrogens is 2. The number of amides is 1. The van der Waals surface area contributed by atoms with E-state index >= 15 is 0 Å². The maximum Gasteiger partial charge on any atom is 0.279 e. The summed E-state index contributed by atoms with van der Waals surface area (Å²) in [7, 11) is 1.89. The van der Waals surface area contributed by atoms with Gasteiger partial charge in [0, 0.05) is 10.2 Å². The number of nitrogens with one attached hydrogen (secondary N) is 3. The summed E-state index contributed by atoms with van der Waals surface area (Å²) in [6.45, 7) is 2.69. The Balaban J connectivity index is 1.64. The van der Waals surface area contributed by atoms with E-state index < -0.39 is 0 Å². The van der Waals surface area contributed by atoms with Crippen molar-refractivity contribution in [3.63, 3.8) is 0 Å². The smallest absolute Gasteiger partial charge is 0.279 e. The molecule has 1 amide bonds. The molecule has 1 unspecified atom stereocenters. The van der Waals surface area contributed by atoms with Crippen molar-refractivity contribution in [1.82, 2.24) is 9.97 Å². The number of benzene rings is 2. The van der Waals surface area contributed by atoms with Crippen molar-refractivity contribution in [3.8, 4) is 0 Å². The van der Waals surface area contributed by atoms with Crippen LogP contribution < -0.4 is 15.8 Å². The average Bonchev–Trinajstić information content (AvgIpc) is 2.58. The summed E-state index contributed by atoms with van der Waals surface area (Å²) in [5.41, 5.74) is 2.32. The third kappa shape index (κ3) is 4.36. The Morgan fingerprint density at radius 1 is 1.27 bits per heavy atom. The zero-order valence-corrected chi connectivity index (χ0v) is 16.2. The fourth-order valence-corrected chi connectivity index (χ4v) is 3.02. The number of anilines is 1. The van der Waals surface area contributed by atoms with E-state index in [1.807, 2.05) is 50.4 Å². The molecule has 2 aromatic carbocycles. The van der Waals surface area contributed by atoms with Crippen LogP contribution in [0.3, 0.4) is 0 Å². The quantitative estimate of drug-likeness (QED) is 0.592. The van der Waals surface area contributed by atoms with E-state index in [9.17, 15) is 9.59 Å². The third-order valence-electron chi connectivity index (χ3n) is 4.04. The molecule has 3 rings (SSSR count). The van der Waals surface area contributed by atoms with Gasteiger partial charge in [-0.15, -0.1) is 0 Å². The Labute approximate surface area is 159 Å². The molecule has 26 heavy (non-hydrogen) atoms. The molecule has 1 aromatic heterocycles. The number of H-pyrrole nitrogens is 1. The fraction of sp³-hybridized carbons (Fsp3) is 0.211. The van der Waals surface area contributed by atoms with Crippen LogP contribution in [0, 0.1) is 6.92 Å². The number of nitrogens with zero attached hydrogens (tertiary/aromatic N) is 1. The molecule has 0 aliphatic carbocycles. The largest absolute Gasteiger partial charge is 0.323 e. The number of rotatable bonds is 5. The molecular formula is C19H20BrN4O2+. The first-order valence-electron chi connectivity index (χ1n) is 8.27. The first-order chi connectivity index (χ1) is 12.4. The van der Waals surface area contributed by atoms with Crippen LogP contribution in [-0.2, 0) is 11.3 Å². The lowest BCUT2D eigenvalue weighted by Crippen LogP contribution is -3.08. The minimum Gasteiger partial charge on any atom is -0.323 e. The number of likely N-dealkylation sites (N-methyl/N-ethyl adjacent to an activating group) is 1. The number of fused-ring (bicyclic) bond motifs is 1. The maximum atomic E-state index is 12.3. The number of para-hydroxylation sites is 1. The van der Waals surface area contributed by atoms with Crippen molar-refractivity contribution in [2.75, 3.05) is 18.9 Å². The van der Waals surface area contributed by atoms with Crippen molar-refractivity contribution in [3.05, 3.63) is 68.7 Å². The van der Waals surface area contributed by atoms with Crippen molar-refractivity contribution >= 4 is 38.4 Å². The molecule has 1 heterocycles. The maximum absolute atomic E-state index is 12.3. The molecular weight excluding hydrogens is 396 g/mol. The summed E-state index contributed by atoms with van der Waals surface area (Å²) in [4.78, 5) is 32.6. The van der Waals surface area contributed by atoms with Gasteiger partial charge in [-0.05, 0) is 42.8 Å². The second-order valence-corrected chi connectivity index (χ2v) is 7.21. The zero-order valence-electron chi connectivity index (χ0n) is 14.6. The number of hydrogen-bond donors (Lipinski definition) is 3. The molecule has 3 N–H and O–H groups in total. The summed E-state index contributed by atoms with van der Waals surface area (Å²) >= 11 is 3.44. The molecule has 0 aliphatic rings. The van der Waals surface area contributed by atoms with Crippen LogP contribution in [0.15, 0.2) is 51.7 Å². The van der Waals surface area contributed by atoms with Gasteiger partial charge in [0.2, 0.25) is 0 Å². The minimum absolute atomic E-state index is 0.0904. The molecule has 0 saturated carbocycles. The first-order valence-corrected chi connectivity index (χ1v) is 9.07. The highest BCUT2D eigenvalue weighted by Crippen LogP contribution is 2.19. The lowest BCUT2D eigenvalue weighted by Gasteiger charge is -2.14. The topological polar surface area (TPSA) is 79.3 Å². The van der Waals surface area contributed by atoms with Crippen molar-refractivity contribution in [2.24, 2.45) is 0 Å². The highest BCUT2D eigenvalue weighted by molar-refractivity contribution is 9.10. The highest BCUT2D eigenvalue weighted by Gasteiger charge is 2.13. The van der Waals surface area contributed by atoms with Gasteiger partial charge in [0.05, 0.1) is 18.0 Å². The predicted octanol–water partition coefficient (Wildman–Crippen LogP) is 1.65. The number of carbonyl (C=O) groups excluding carboxylic acids is 1. The van der Waals surface area contributed by atoms with Crippen LogP contribution in [0.2, 0.25) is 0 Å². The summed E-state index contributed by atoms with van der Waals surface area (Å²) in [5.74, 6) is 0.478. The van der Waals surface area contributed by atoms with Gasteiger partial charge in [-0.2, -0.15) is 0 Å². The van der Waals surface area contributed by atoms with Crippen LogP contribution in [-0.4, -0.2) is 29.5 Å². The summed E-state index contributed by atoms with van der Waals surface area (Å²) in [5, 5.41) is 3.46. The van der Waals surface area contributed by atoms with Gasteiger partial charge in [0.15, 0.2) is 12.4 Å². The lowest BCUT2D eigenvalue weighted by molar-refractivity contribution is -0.885. The monoisotopic (exact) mass is 415 g/mol. The highest BCUT2D eigenvalue weighted by atomic mass is 79.9. The van der Waals surface area contributed by atoms with Gasteiger partial charge in [-0.25, -0.2) is 4.98 Å². The van der Waals surface area contributed by atoms with Crippen LogP contribution in [0.4, 0.5) is 5.69 Å². The Morgan fingerprint density at radius 2 is 2.04 bits per heavy atom. The van der Waals surface area contributed by atoms with Gasteiger partial charge in [-0.3, -0.25) is 9.59 Å². The number of aromatic amines is 1. The van der Waals surface area contributed by atoms with Gasteiger partial charge in [0.25, 0.3) is 11.5 Å². The second kappa shape index (κ2) is 7.80. The Kier molecular flexibility index (Phi) is 5.49. The van der Waals surface area contributed by atoms with Gasteiger partial charge in [-0.1, -0.05) is 28.1 Å². The SMILES string of the molecule is Cc1cc(NC(=O)C[NH+](C)Cc2nc3ccccc3c(=O)[nH]2)ccc1Br. The molecule has 6 nitrogen and oxygen atoms in total. The normalized spacial score (nSPS) is 12.1. The molecule has 0 bridgehead atoms.